The Morgan fingerprint density at radius 2 is 1.96 bits per heavy atom. The second-order valence-electron chi connectivity index (χ2n) is 6.64. The first-order chi connectivity index (χ1) is 11.8. The summed E-state index contributed by atoms with van der Waals surface area (Å²) in [6.45, 7) is 5.31. The average Bonchev–Trinajstić information content (AvgIpc) is 3.09. The first kappa shape index (κ1) is 17.3. The number of aliphatic imine (C=N–C) groups is 1. The topological polar surface area (TPSA) is 68.0 Å². The Hall–Kier alpha value is -1.53. The third-order valence-corrected chi connectivity index (χ3v) is 4.60. The summed E-state index contributed by atoms with van der Waals surface area (Å²) < 4.78 is 16.5. The van der Waals surface area contributed by atoms with Gasteiger partial charge in [0.1, 0.15) is 5.76 Å². The van der Waals surface area contributed by atoms with E-state index in [1.807, 2.05) is 12.1 Å². The molecule has 3 rings (SSSR count). The lowest BCUT2D eigenvalue weighted by Gasteiger charge is -2.31. The molecule has 2 atom stereocenters. The van der Waals surface area contributed by atoms with Crippen LogP contribution in [0, 0.1) is 0 Å². The molecule has 0 bridgehead atoms. The molecule has 6 heteroatoms. The van der Waals surface area contributed by atoms with Gasteiger partial charge in [-0.05, 0) is 44.7 Å². The van der Waals surface area contributed by atoms with Gasteiger partial charge in [-0.25, -0.2) is 0 Å². The van der Waals surface area contributed by atoms with Crippen molar-refractivity contribution in [1.82, 2.24) is 10.6 Å². The van der Waals surface area contributed by atoms with Gasteiger partial charge in [-0.3, -0.25) is 4.99 Å². The zero-order valence-corrected chi connectivity index (χ0v) is 14.5. The molecule has 3 heterocycles. The van der Waals surface area contributed by atoms with E-state index >= 15 is 0 Å². The molecule has 0 radical (unpaired) electrons. The van der Waals surface area contributed by atoms with Gasteiger partial charge in [-0.15, -0.1) is 0 Å². The first-order valence-corrected chi connectivity index (χ1v) is 9.09. The van der Waals surface area contributed by atoms with Crippen LogP contribution >= 0.6 is 0 Å². The van der Waals surface area contributed by atoms with E-state index in [1.165, 1.54) is 0 Å². The maximum absolute atomic E-state index is 5.64. The molecule has 1 aromatic rings. The molecule has 0 saturated carbocycles. The van der Waals surface area contributed by atoms with Crippen molar-refractivity contribution in [2.24, 2.45) is 4.99 Å². The van der Waals surface area contributed by atoms with Crippen molar-refractivity contribution in [1.29, 1.82) is 0 Å². The highest BCUT2D eigenvalue weighted by Gasteiger charge is 2.22. The van der Waals surface area contributed by atoms with Gasteiger partial charge in [0.25, 0.3) is 0 Å². The number of ether oxygens (including phenoxy) is 2. The van der Waals surface area contributed by atoms with E-state index in [2.05, 4.69) is 17.6 Å². The van der Waals surface area contributed by atoms with Gasteiger partial charge in [0.15, 0.2) is 5.96 Å². The van der Waals surface area contributed by atoms with Gasteiger partial charge in [0.05, 0.1) is 12.4 Å². The van der Waals surface area contributed by atoms with Gasteiger partial charge < -0.3 is 24.5 Å². The van der Waals surface area contributed by atoms with Crippen molar-refractivity contribution in [3.63, 3.8) is 0 Å². The van der Waals surface area contributed by atoms with E-state index < -0.39 is 0 Å². The number of guanidine groups is 1. The third-order valence-electron chi connectivity index (χ3n) is 4.60. The Kier molecular flexibility index (Phi) is 6.55. The summed E-state index contributed by atoms with van der Waals surface area (Å²) in [4.78, 5) is 4.76. The fourth-order valence-corrected chi connectivity index (χ4v) is 3.22. The molecule has 2 aliphatic heterocycles. The monoisotopic (exact) mass is 335 g/mol. The SMILES string of the molecule is CC1CC(NC(=NCCc2ccco2)NC2CCOCC2)CCO1. The molecular formula is C18H29N3O3. The highest BCUT2D eigenvalue weighted by Crippen LogP contribution is 2.13. The van der Waals surface area contributed by atoms with Crippen molar-refractivity contribution >= 4 is 5.96 Å². The highest BCUT2D eigenvalue weighted by atomic mass is 16.5. The lowest BCUT2D eigenvalue weighted by molar-refractivity contribution is 0.0164. The summed E-state index contributed by atoms with van der Waals surface area (Å²) in [5.41, 5.74) is 0. The molecule has 2 saturated heterocycles. The van der Waals surface area contributed by atoms with Crippen LogP contribution < -0.4 is 10.6 Å². The molecule has 2 N–H and O–H groups in total. The number of nitrogens with zero attached hydrogens (tertiary/aromatic N) is 1. The fraction of sp³-hybridized carbons (Fsp3) is 0.722. The van der Waals surface area contributed by atoms with Crippen LogP contribution in [0.3, 0.4) is 0 Å². The van der Waals surface area contributed by atoms with Gasteiger partial charge >= 0.3 is 0 Å². The van der Waals surface area contributed by atoms with E-state index in [4.69, 9.17) is 18.9 Å². The molecule has 0 aromatic carbocycles. The molecule has 0 aliphatic carbocycles. The average molecular weight is 335 g/mol. The van der Waals surface area contributed by atoms with Crippen LogP contribution in [0.15, 0.2) is 27.8 Å². The summed E-state index contributed by atoms with van der Waals surface area (Å²) in [7, 11) is 0. The maximum atomic E-state index is 5.64. The normalized spacial score (nSPS) is 26.3. The van der Waals surface area contributed by atoms with Gasteiger partial charge in [0, 0.05) is 44.9 Å². The second-order valence-corrected chi connectivity index (χ2v) is 6.64. The maximum Gasteiger partial charge on any atom is 0.191 e. The van der Waals surface area contributed by atoms with Gasteiger partial charge in [-0.2, -0.15) is 0 Å². The summed E-state index contributed by atoms with van der Waals surface area (Å²) in [6, 6.07) is 4.77. The Labute approximate surface area is 144 Å². The van der Waals surface area contributed by atoms with E-state index in [-0.39, 0.29) is 0 Å². The number of hydrogen-bond donors (Lipinski definition) is 2. The predicted molar refractivity (Wildman–Crippen MR) is 93.3 cm³/mol. The molecule has 0 amide bonds. The third kappa shape index (κ3) is 5.53. The molecule has 0 spiro atoms. The van der Waals surface area contributed by atoms with Crippen LogP contribution in [0.1, 0.15) is 38.4 Å². The minimum Gasteiger partial charge on any atom is -0.469 e. The Bertz CT molecular complexity index is 498. The summed E-state index contributed by atoms with van der Waals surface area (Å²) >= 11 is 0. The number of nitrogens with one attached hydrogen (secondary N) is 2. The van der Waals surface area contributed by atoms with Crippen LogP contribution in [0.4, 0.5) is 0 Å². The molecule has 24 heavy (non-hydrogen) atoms. The van der Waals surface area contributed by atoms with E-state index in [0.29, 0.717) is 24.7 Å². The minimum absolute atomic E-state index is 0.309. The van der Waals surface area contributed by atoms with Gasteiger partial charge in [0.2, 0.25) is 0 Å². The molecule has 1 aromatic heterocycles. The second kappa shape index (κ2) is 9.08. The molecular weight excluding hydrogens is 306 g/mol. The summed E-state index contributed by atoms with van der Waals surface area (Å²) in [5.74, 6) is 1.89. The Morgan fingerprint density at radius 1 is 1.17 bits per heavy atom. The van der Waals surface area contributed by atoms with Crippen LogP contribution in [0.2, 0.25) is 0 Å². The summed E-state index contributed by atoms with van der Waals surface area (Å²) in [5, 5.41) is 7.19. The molecule has 2 aliphatic rings. The highest BCUT2D eigenvalue weighted by molar-refractivity contribution is 5.80. The van der Waals surface area contributed by atoms with E-state index in [0.717, 1.165) is 63.6 Å². The Balaban J connectivity index is 1.55. The largest absolute Gasteiger partial charge is 0.469 e. The van der Waals surface area contributed by atoms with Crippen LogP contribution in [0.5, 0.6) is 0 Å². The van der Waals surface area contributed by atoms with Crippen LogP contribution in [0.25, 0.3) is 0 Å². The molecule has 134 valence electrons. The zero-order chi connectivity index (χ0) is 16.6. The van der Waals surface area contributed by atoms with Crippen LogP contribution in [-0.4, -0.2) is 50.5 Å². The predicted octanol–water partition coefficient (Wildman–Crippen LogP) is 2.10. The molecule has 2 unspecified atom stereocenters. The quantitative estimate of drug-likeness (QED) is 0.637. The van der Waals surface area contributed by atoms with Crippen molar-refractivity contribution in [3.05, 3.63) is 24.2 Å². The molecule has 2 fully saturated rings. The van der Waals surface area contributed by atoms with Gasteiger partial charge in [-0.1, -0.05) is 0 Å². The number of rotatable bonds is 5. The zero-order valence-electron chi connectivity index (χ0n) is 14.5. The van der Waals surface area contributed by atoms with E-state index in [1.54, 1.807) is 6.26 Å². The lowest BCUT2D eigenvalue weighted by Crippen LogP contribution is -2.51. The van der Waals surface area contributed by atoms with Crippen molar-refractivity contribution in [2.45, 2.75) is 57.2 Å². The fourth-order valence-electron chi connectivity index (χ4n) is 3.22. The van der Waals surface area contributed by atoms with Crippen molar-refractivity contribution in [2.75, 3.05) is 26.4 Å². The standard InChI is InChI=1S/C18H29N3O3/c1-14-13-16(7-12-23-14)21-18(20-15-5-10-22-11-6-15)19-8-4-17-3-2-9-24-17/h2-3,9,14-16H,4-8,10-13H2,1H3,(H2,19,20,21). The minimum atomic E-state index is 0.309. The lowest BCUT2D eigenvalue weighted by atomic mass is 10.0. The number of hydrogen-bond acceptors (Lipinski definition) is 4. The van der Waals surface area contributed by atoms with E-state index in [9.17, 15) is 0 Å². The summed E-state index contributed by atoms with van der Waals surface area (Å²) in [6.07, 6.45) is 6.94. The molecule has 6 nitrogen and oxygen atoms in total. The van der Waals surface area contributed by atoms with Crippen molar-refractivity contribution < 1.29 is 13.9 Å². The number of furan rings is 1. The van der Waals surface area contributed by atoms with Crippen LogP contribution in [-0.2, 0) is 15.9 Å². The smallest absolute Gasteiger partial charge is 0.191 e. The first-order valence-electron chi connectivity index (χ1n) is 9.09. The van der Waals surface area contributed by atoms with Crippen molar-refractivity contribution in [3.8, 4) is 0 Å². The Morgan fingerprint density at radius 3 is 2.71 bits per heavy atom.